The van der Waals surface area contributed by atoms with Crippen molar-refractivity contribution in [1.29, 1.82) is 5.41 Å². The molecular weight excluding hydrogens is 324 g/mol. The molecule has 128 valence electrons. The van der Waals surface area contributed by atoms with Gasteiger partial charge in [-0.15, -0.1) is 12.4 Å². The zero-order valence-corrected chi connectivity index (χ0v) is 13.5. The third kappa shape index (κ3) is 8.03. The second-order valence-electron chi connectivity index (χ2n) is 4.61. The van der Waals surface area contributed by atoms with E-state index in [9.17, 15) is 9.59 Å². The van der Waals surface area contributed by atoms with E-state index in [0.717, 1.165) is 11.3 Å². The number of aryl methyl sites for hydroxylation is 1. The van der Waals surface area contributed by atoms with E-state index < -0.39 is 12.2 Å². The number of guanidine groups is 1. The number of nitrogens with one attached hydrogen (secondary N) is 3. The Balaban J connectivity index is 0.00000484. The summed E-state index contributed by atoms with van der Waals surface area (Å²) in [5.74, 6) is -1.73. The fourth-order valence-corrected chi connectivity index (χ4v) is 1.80. The molecule has 0 radical (unpaired) electrons. The van der Waals surface area contributed by atoms with Crippen LogP contribution in [0.4, 0.5) is 5.69 Å². The standard InChI is InChI=1S/C14H20N4O4.ClH/c1-22-12(13(20)21)18-11(19)4-2-3-9-5-7-10(8-6-9)17-14(15)16;/h5-8,12H,2-4H2,1H3,(H,18,19)(H,20,21)(H4,15,16,17);1H. The van der Waals surface area contributed by atoms with E-state index in [4.69, 9.17) is 16.2 Å². The largest absolute Gasteiger partial charge is 0.478 e. The van der Waals surface area contributed by atoms with Crippen molar-refractivity contribution in [3.05, 3.63) is 29.8 Å². The minimum atomic E-state index is -1.32. The third-order valence-electron chi connectivity index (χ3n) is 2.85. The van der Waals surface area contributed by atoms with Crippen LogP contribution in [0.5, 0.6) is 0 Å². The molecule has 8 nitrogen and oxygen atoms in total. The van der Waals surface area contributed by atoms with Gasteiger partial charge in [0.25, 0.3) is 0 Å². The predicted octanol–water partition coefficient (Wildman–Crippen LogP) is 0.910. The van der Waals surface area contributed by atoms with E-state index in [2.05, 4.69) is 15.4 Å². The summed E-state index contributed by atoms with van der Waals surface area (Å²) in [4.78, 5) is 22.3. The van der Waals surface area contributed by atoms with Crippen LogP contribution in [-0.4, -0.2) is 36.3 Å². The van der Waals surface area contributed by atoms with Crippen LogP contribution in [0.3, 0.4) is 0 Å². The summed E-state index contributed by atoms with van der Waals surface area (Å²) < 4.78 is 4.63. The van der Waals surface area contributed by atoms with Crippen LogP contribution in [0.2, 0.25) is 0 Å². The van der Waals surface area contributed by atoms with Crippen molar-refractivity contribution in [1.82, 2.24) is 5.32 Å². The molecule has 0 aliphatic rings. The molecule has 0 heterocycles. The van der Waals surface area contributed by atoms with E-state index in [1.165, 1.54) is 7.11 Å². The molecule has 0 spiro atoms. The van der Waals surface area contributed by atoms with Crippen LogP contribution < -0.4 is 16.4 Å². The van der Waals surface area contributed by atoms with E-state index >= 15 is 0 Å². The number of nitrogens with two attached hydrogens (primary N) is 1. The SMILES string of the molecule is COC(NC(=O)CCCc1ccc(NC(=N)N)cc1)C(=O)O.Cl. The maximum atomic E-state index is 11.6. The van der Waals surface area contributed by atoms with Gasteiger partial charge in [-0.05, 0) is 30.5 Å². The van der Waals surface area contributed by atoms with Crippen molar-refractivity contribution in [2.45, 2.75) is 25.5 Å². The van der Waals surface area contributed by atoms with Crippen molar-refractivity contribution in [3.8, 4) is 0 Å². The van der Waals surface area contributed by atoms with Crippen LogP contribution in [0.25, 0.3) is 0 Å². The number of hydrogen-bond donors (Lipinski definition) is 5. The lowest BCUT2D eigenvalue weighted by atomic mass is 10.1. The Morgan fingerprint density at radius 1 is 1.35 bits per heavy atom. The molecule has 0 aliphatic heterocycles. The zero-order chi connectivity index (χ0) is 16.5. The molecule has 1 atom stereocenters. The molecule has 0 saturated carbocycles. The van der Waals surface area contributed by atoms with Gasteiger partial charge in [-0.25, -0.2) is 4.79 Å². The molecule has 1 aromatic rings. The van der Waals surface area contributed by atoms with Gasteiger partial charge in [-0.1, -0.05) is 12.1 Å². The number of rotatable bonds is 8. The molecule has 0 saturated heterocycles. The topological polar surface area (TPSA) is 138 Å². The highest BCUT2D eigenvalue weighted by atomic mass is 35.5. The minimum absolute atomic E-state index is 0. The molecule has 1 rings (SSSR count). The first-order valence-electron chi connectivity index (χ1n) is 6.67. The highest BCUT2D eigenvalue weighted by Crippen LogP contribution is 2.11. The average Bonchev–Trinajstić information content (AvgIpc) is 2.45. The van der Waals surface area contributed by atoms with Gasteiger partial charge in [0.1, 0.15) is 0 Å². The van der Waals surface area contributed by atoms with Gasteiger partial charge in [0, 0.05) is 19.2 Å². The van der Waals surface area contributed by atoms with Gasteiger partial charge < -0.3 is 26.2 Å². The Morgan fingerprint density at radius 3 is 2.43 bits per heavy atom. The van der Waals surface area contributed by atoms with Crippen LogP contribution in [0.15, 0.2) is 24.3 Å². The average molecular weight is 345 g/mol. The van der Waals surface area contributed by atoms with Crippen LogP contribution in [-0.2, 0) is 20.7 Å². The number of hydrogen-bond acceptors (Lipinski definition) is 4. The monoisotopic (exact) mass is 344 g/mol. The first-order chi connectivity index (χ1) is 10.4. The smallest absolute Gasteiger partial charge is 0.354 e. The summed E-state index contributed by atoms with van der Waals surface area (Å²) in [5, 5.41) is 20.8. The number of carbonyl (C=O) groups excluding carboxylic acids is 1. The number of carboxylic acid groups (broad SMARTS) is 1. The quantitative estimate of drug-likeness (QED) is 0.270. The van der Waals surface area contributed by atoms with Gasteiger partial charge in [-0.2, -0.15) is 0 Å². The first kappa shape index (κ1) is 20.7. The Hall–Kier alpha value is -2.32. The molecule has 0 bridgehead atoms. The molecule has 6 N–H and O–H groups in total. The summed E-state index contributed by atoms with van der Waals surface area (Å²) in [7, 11) is 1.22. The molecule has 0 fully saturated rings. The number of anilines is 1. The van der Waals surface area contributed by atoms with E-state index in [0.29, 0.717) is 12.8 Å². The Kier molecular flexibility index (Phi) is 9.36. The minimum Gasteiger partial charge on any atom is -0.478 e. The maximum absolute atomic E-state index is 11.6. The molecular formula is C14H21ClN4O4. The Morgan fingerprint density at radius 2 is 1.96 bits per heavy atom. The fraction of sp³-hybridized carbons (Fsp3) is 0.357. The number of methoxy groups -OCH3 is 1. The number of carbonyl (C=O) groups is 2. The third-order valence-corrected chi connectivity index (χ3v) is 2.85. The van der Waals surface area contributed by atoms with Gasteiger partial charge in [0.15, 0.2) is 5.96 Å². The van der Waals surface area contributed by atoms with Crippen LogP contribution >= 0.6 is 12.4 Å². The Bertz CT molecular complexity index is 536. The number of benzene rings is 1. The fourth-order valence-electron chi connectivity index (χ4n) is 1.80. The number of aliphatic carboxylic acids is 1. The van der Waals surface area contributed by atoms with E-state index in [-0.39, 0.29) is 30.7 Å². The number of carboxylic acids is 1. The van der Waals surface area contributed by atoms with Gasteiger partial charge in [0.2, 0.25) is 12.1 Å². The lowest BCUT2D eigenvalue weighted by Gasteiger charge is -2.12. The molecule has 23 heavy (non-hydrogen) atoms. The molecule has 1 unspecified atom stereocenters. The molecule has 1 aromatic carbocycles. The highest BCUT2D eigenvalue weighted by molar-refractivity contribution is 5.89. The maximum Gasteiger partial charge on any atom is 0.354 e. The Labute approximate surface area is 140 Å². The number of amides is 1. The second kappa shape index (κ2) is 10.4. The van der Waals surface area contributed by atoms with Crippen molar-refractivity contribution in [3.63, 3.8) is 0 Å². The highest BCUT2D eigenvalue weighted by Gasteiger charge is 2.18. The second-order valence-corrected chi connectivity index (χ2v) is 4.61. The molecule has 1 amide bonds. The summed E-state index contributed by atoms with van der Waals surface area (Å²) in [6, 6.07) is 7.33. The van der Waals surface area contributed by atoms with Crippen molar-refractivity contribution in [2.75, 3.05) is 12.4 Å². The van der Waals surface area contributed by atoms with Crippen molar-refractivity contribution >= 4 is 35.9 Å². The molecule has 9 heteroatoms. The van der Waals surface area contributed by atoms with E-state index in [1.54, 1.807) is 12.1 Å². The first-order valence-corrected chi connectivity index (χ1v) is 6.67. The zero-order valence-electron chi connectivity index (χ0n) is 12.7. The molecule has 0 aliphatic carbocycles. The number of halogens is 1. The predicted molar refractivity (Wildman–Crippen MR) is 88.7 cm³/mol. The lowest BCUT2D eigenvalue weighted by Crippen LogP contribution is -2.41. The summed E-state index contributed by atoms with van der Waals surface area (Å²) in [6.45, 7) is 0. The van der Waals surface area contributed by atoms with Gasteiger partial charge in [0.05, 0.1) is 0 Å². The van der Waals surface area contributed by atoms with Gasteiger partial charge in [-0.3, -0.25) is 10.2 Å². The van der Waals surface area contributed by atoms with Crippen LogP contribution in [0.1, 0.15) is 18.4 Å². The number of ether oxygens (including phenoxy) is 1. The van der Waals surface area contributed by atoms with Gasteiger partial charge >= 0.3 is 5.97 Å². The van der Waals surface area contributed by atoms with E-state index in [1.807, 2.05) is 12.1 Å². The van der Waals surface area contributed by atoms with Crippen molar-refractivity contribution < 1.29 is 19.4 Å². The van der Waals surface area contributed by atoms with Crippen molar-refractivity contribution in [2.24, 2.45) is 5.73 Å². The van der Waals surface area contributed by atoms with Crippen LogP contribution in [0, 0.1) is 5.41 Å². The normalized spacial score (nSPS) is 11.0. The summed E-state index contributed by atoms with van der Waals surface area (Å²) in [6.07, 6.45) is 0.157. The summed E-state index contributed by atoms with van der Waals surface area (Å²) >= 11 is 0. The molecule has 0 aromatic heterocycles. The summed E-state index contributed by atoms with van der Waals surface area (Å²) in [5.41, 5.74) is 6.98. The lowest BCUT2D eigenvalue weighted by molar-refractivity contribution is -0.153.